The lowest BCUT2D eigenvalue weighted by atomic mass is 9.95. The Hall–Kier alpha value is -2.55. The third kappa shape index (κ3) is 3.58. The van der Waals surface area contributed by atoms with E-state index in [2.05, 4.69) is 10.3 Å². The molecule has 0 radical (unpaired) electrons. The molecular formula is C20H19N3O3S2. The van der Waals surface area contributed by atoms with Crippen molar-refractivity contribution >= 4 is 32.4 Å². The molecule has 0 aliphatic carbocycles. The summed E-state index contributed by atoms with van der Waals surface area (Å²) in [5.41, 5.74) is 2.87. The molecular weight excluding hydrogens is 394 g/mol. The molecule has 1 aliphatic heterocycles. The molecule has 1 aromatic heterocycles. The molecule has 0 fully saturated rings. The van der Waals surface area contributed by atoms with Gasteiger partial charge >= 0.3 is 0 Å². The van der Waals surface area contributed by atoms with Crippen LogP contribution in [0.4, 0.5) is 5.13 Å². The van der Waals surface area contributed by atoms with E-state index in [1.807, 2.05) is 31.2 Å². The maximum absolute atomic E-state index is 13.4. The van der Waals surface area contributed by atoms with Gasteiger partial charge in [0.25, 0.3) is 0 Å². The van der Waals surface area contributed by atoms with E-state index in [-0.39, 0.29) is 17.3 Å². The molecule has 1 atom stereocenters. The number of sulfonamides is 1. The van der Waals surface area contributed by atoms with Gasteiger partial charge < -0.3 is 5.32 Å². The third-order valence-corrected chi connectivity index (χ3v) is 7.36. The number of thiazole rings is 1. The van der Waals surface area contributed by atoms with E-state index in [1.54, 1.807) is 35.8 Å². The van der Waals surface area contributed by atoms with E-state index in [1.165, 1.54) is 15.6 Å². The number of anilines is 1. The summed E-state index contributed by atoms with van der Waals surface area (Å²) in [6.45, 7) is 2.06. The quantitative estimate of drug-likeness (QED) is 0.712. The summed E-state index contributed by atoms with van der Waals surface area (Å²) in [6.07, 6.45) is 1.91. The van der Waals surface area contributed by atoms with Crippen molar-refractivity contribution in [3.63, 3.8) is 0 Å². The molecule has 3 aromatic rings. The van der Waals surface area contributed by atoms with Crippen LogP contribution in [0.1, 0.15) is 16.7 Å². The number of amides is 1. The van der Waals surface area contributed by atoms with Gasteiger partial charge in [-0.3, -0.25) is 4.79 Å². The number of hydrogen-bond donors (Lipinski definition) is 1. The Kier molecular flexibility index (Phi) is 5.01. The fourth-order valence-electron chi connectivity index (χ4n) is 3.29. The normalized spacial score (nSPS) is 17.1. The van der Waals surface area contributed by atoms with Crippen molar-refractivity contribution in [1.29, 1.82) is 0 Å². The van der Waals surface area contributed by atoms with Gasteiger partial charge in [-0.1, -0.05) is 42.0 Å². The number of benzene rings is 2. The van der Waals surface area contributed by atoms with Crippen LogP contribution < -0.4 is 5.32 Å². The van der Waals surface area contributed by atoms with Gasteiger partial charge in [-0.05, 0) is 36.6 Å². The summed E-state index contributed by atoms with van der Waals surface area (Å²) in [5, 5.41) is 4.96. The van der Waals surface area contributed by atoms with E-state index < -0.39 is 16.1 Å². The fraction of sp³-hybridized carbons (Fsp3) is 0.200. The first-order valence-corrected chi connectivity index (χ1v) is 11.1. The van der Waals surface area contributed by atoms with E-state index >= 15 is 0 Å². The molecule has 2 heterocycles. The molecule has 0 unspecified atom stereocenters. The highest BCUT2D eigenvalue weighted by Gasteiger charge is 2.39. The highest BCUT2D eigenvalue weighted by atomic mass is 32.2. The second-order valence-corrected chi connectivity index (χ2v) is 9.46. The van der Waals surface area contributed by atoms with Crippen molar-refractivity contribution < 1.29 is 13.2 Å². The number of hydrogen-bond acceptors (Lipinski definition) is 5. The van der Waals surface area contributed by atoms with Gasteiger partial charge in [0.15, 0.2) is 5.13 Å². The molecule has 0 spiro atoms. The largest absolute Gasteiger partial charge is 0.301 e. The molecule has 0 saturated heterocycles. The second kappa shape index (κ2) is 7.46. The Morgan fingerprint density at radius 3 is 2.54 bits per heavy atom. The summed E-state index contributed by atoms with van der Waals surface area (Å²) < 4.78 is 28.0. The fourth-order valence-corrected chi connectivity index (χ4v) is 5.39. The average molecular weight is 414 g/mol. The lowest BCUT2D eigenvalue weighted by Gasteiger charge is -2.34. The number of rotatable bonds is 4. The van der Waals surface area contributed by atoms with Gasteiger partial charge in [-0.2, -0.15) is 4.31 Å². The Bertz CT molecular complexity index is 1090. The SMILES string of the molecule is Cc1ccc(S(=O)(=O)N2Cc3ccccc3C[C@H]2C(=O)Nc2nccs2)cc1. The summed E-state index contributed by atoms with van der Waals surface area (Å²) in [6, 6.07) is 13.5. The van der Waals surface area contributed by atoms with Crippen LogP contribution in [0.5, 0.6) is 0 Å². The monoisotopic (exact) mass is 413 g/mol. The number of carbonyl (C=O) groups is 1. The lowest BCUT2D eigenvalue weighted by molar-refractivity contribution is -0.120. The zero-order valence-electron chi connectivity index (χ0n) is 15.2. The summed E-state index contributed by atoms with van der Waals surface area (Å²) in [7, 11) is -3.84. The Morgan fingerprint density at radius 2 is 1.86 bits per heavy atom. The Morgan fingerprint density at radius 1 is 1.14 bits per heavy atom. The minimum absolute atomic E-state index is 0.155. The highest BCUT2D eigenvalue weighted by molar-refractivity contribution is 7.89. The first-order valence-electron chi connectivity index (χ1n) is 8.81. The summed E-state index contributed by atoms with van der Waals surface area (Å²) >= 11 is 1.30. The van der Waals surface area contributed by atoms with Crippen molar-refractivity contribution in [3.8, 4) is 0 Å². The van der Waals surface area contributed by atoms with Gasteiger partial charge in [0.1, 0.15) is 6.04 Å². The Balaban J connectivity index is 1.72. The summed E-state index contributed by atoms with van der Waals surface area (Å²) in [5.74, 6) is -0.375. The van der Waals surface area contributed by atoms with Gasteiger partial charge in [0, 0.05) is 18.1 Å². The van der Waals surface area contributed by atoms with Gasteiger partial charge in [-0.15, -0.1) is 11.3 Å². The zero-order valence-corrected chi connectivity index (χ0v) is 16.8. The van der Waals surface area contributed by atoms with Crippen LogP contribution in [0.3, 0.4) is 0 Å². The average Bonchev–Trinajstić information content (AvgIpc) is 3.20. The molecule has 1 aliphatic rings. The zero-order chi connectivity index (χ0) is 19.7. The maximum Gasteiger partial charge on any atom is 0.244 e. The first-order chi connectivity index (χ1) is 13.4. The molecule has 28 heavy (non-hydrogen) atoms. The number of nitrogens with one attached hydrogen (secondary N) is 1. The Labute approximate surface area is 167 Å². The van der Waals surface area contributed by atoms with Gasteiger partial charge in [-0.25, -0.2) is 13.4 Å². The van der Waals surface area contributed by atoms with Gasteiger partial charge in [0.2, 0.25) is 15.9 Å². The van der Waals surface area contributed by atoms with Crippen LogP contribution in [-0.4, -0.2) is 29.7 Å². The molecule has 1 N–H and O–H groups in total. The third-order valence-electron chi connectivity index (χ3n) is 4.80. The van der Waals surface area contributed by atoms with Crippen molar-refractivity contribution in [2.45, 2.75) is 30.8 Å². The predicted octanol–water partition coefficient (Wildman–Crippen LogP) is 3.21. The van der Waals surface area contributed by atoms with E-state index in [9.17, 15) is 13.2 Å². The molecule has 0 saturated carbocycles. The predicted molar refractivity (Wildman–Crippen MR) is 109 cm³/mol. The maximum atomic E-state index is 13.4. The molecule has 4 rings (SSSR count). The standard InChI is InChI=1S/C20H19N3O3S2/c1-14-6-8-17(9-7-14)28(25,26)23-13-16-5-3-2-4-15(16)12-18(23)19(24)22-20-21-10-11-27-20/h2-11,18H,12-13H2,1H3,(H,21,22,24)/t18-/m0/s1. The first kappa shape index (κ1) is 18.8. The van der Waals surface area contributed by atoms with Crippen molar-refractivity contribution in [1.82, 2.24) is 9.29 Å². The number of aromatic nitrogens is 1. The second-order valence-electron chi connectivity index (χ2n) is 6.68. The summed E-state index contributed by atoms with van der Waals surface area (Å²) in [4.78, 5) is 17.2. The van der Waals surface area contributed by atoms with Crippen LogP contribution >= 0.6 is 11.3 Å². The van der Waals surface area contributed by atoms with E-state index in [0.717, 1.165) is 16.7 Å². The minimum Gasteiger partial charge on any atom is -0.301 e. The molecule has 6 nitrogen and oxygen atoms in total. The molecule has 144 valence electrons. The van der Waals surface area contributed by atoms with Crippen LogP contribution in [0.2, 0.25) is 0 Å². The number of fused-ring (bicyclic) bond motifs is 1. The van der Waals surface area contributed by atoms with E-state index in [4.69, 9.17) is 0 Å². The van der Waals surface area contributed by atoms with E-state index in [0.29, 0.717) is 11.6 Å². The van der Waals surface area contributed by atoms with Gasteiger partial charge in [0.05, 0.1) is 4.90 Å². The molecule has 2 aromatic carbocycles. The smallest absolute Gasteiger partial charge is 0.244 e. The van der Waals surface area contributed by atoms with Crippen molar-refractivity contribution in [3.05, 3.63) is 76.8 Å². The lowest BCUT2D eigenvalue weighted by Crippen LogP contribution is -2.50. The highest BCUT2D eigenvalue weighted by Crippen LogP contribution is 2.30. The number of carbonyl (C=O) groups excluding carboxylic acids is 1. The molecule has 1 amide bonds. The van der Waals surface area contributed by atoms with Crippen LogP contribution in [0, 0.1) is 6.92 Å². The molecule has 8 heteroatoms. The number of nitrogens with zero attached hydrogens (tertiary/aromatic N) is 2. The van der Waals surface area contributed by atoms with Crippen LogP contribution in [0.25, 0.3) is 0 Å². The molecule has 0 bridgehead atoms. The minimum atomic E-state index is -3.84. The van der Waals surface area contributed by atoms with Crippen LogP contribution in [0.15, 0.2) is 65.0 Å². The van der Waals surface area contributed by atoms with Crippen molar-refractivity contribution in [2.24, 2.45) is 0 Å². The van der Waals surface area contributed by atoms with Crippen molar-refractivity contribution in [2.75, 3.05) is 5.32 Å². The topological polar surface area (TPSA) is 79.4 Å². The number of aryl methyl sites for hydroxylation is 1. The van der Waals surface area contributed by atoms with Crippen LogP contribution in [-0.2, 0) is 27.8 Å².